The SMILES string of the molecule is CCC(C)c1ccc(NC(=S)Nc2c(C)nn(Cc3c(Cl)cccc3Cl)c2C)cc1. The van der Waals surface area contributed by atoms with E-state index < -0.39 is 0 Å². The van der Waals surface area contributed by atoms with Crippen LogP contribution in [-0.2, 0) is 6.54 Å². The number of hydrogen-bond acceptors (Lipinski definition) is 2. The molecule has 1 heterocycles. The van der Waals surface area contributed by atoms with E-state index >= 15 is 0 Å². The highest BCUT2D eigenvalue weighted by atomic mass is 35.5. The molecule has 0 aliphatic rings. The summed E-state index contributed by atoms with van der Waals surface area (Å²) < 4.78 is 1.88. The van der Waals surface area contributed by atoms with Crippen LogP contribution in [0.5, 0.6) is 0 Å². The number of nitrogens with one attached hydrogen (secondary N) is 2. The molecule has 2 aromatic carbocycles. The Labute approximate surface area is 193 Å². The van der Waals surface area contributed by atoms with E-state index in [-0.39, 0.29) is 0 Å². The molecule has 3 aromatic rings. The second-order valence-electron chi connectivity index (χ2n) is 7.41. The van der Waals surface area contributed by atoms with Crippen molar-refractivity contribution in [1.82, 2.24) is 9.78 Å². The van der Waals surface area contributed by atoms with Gasteiger partial charge in [-0.1, -0.05) is 55.2 Å². The molecule has 0 amide bonds. The maximum absolute atomic E-state index is 6.32. The van der Waals surface area contributed by atoms with Gasteiger partial charge < -0.3 is 10.6 Å². The molecular formula is C23H26Cl2N4S. The highest BCUT2D eigenvalue weighted by molar-refractivity contribution is 7.80. The first-order chi connectivity index (χ1) is 14.3. The van der Waals surface area contributed by atoms with Crippen LogP contribution in [0.4, 0.5) is 11.4 Å². The van der Waals surface area contributed by atoms with Crippen molar-refractivity contribution in [2.75, 3.05) is 10.6 Å². The highest BCUT2D eigenvalue weighted by Gasteiger charge is 2.15. The lowest BCUT2D eigenvalue weighted by Crippen LogP contribution is -2.20. The predicted octanol–water partition coefficient (Wildman–Crippen LogP) is 7.18. The summed E-state index contributed by atoms with van der Waals surface area (Å²) in [5, 5.41) is 12.9. The van der Waals surface area contributed by atoms with Crippen molar-refractivity contribution in [1.29, 1.82) is 0 Å². The summed E-state index contributed by atoms with van der Waals surface area (Å²) in [5.41, 5.74) is 5.82. The van der Waals surface area contributed by atoms with Crippen LogP contribution in [0.1, 0.15) is 48.7 Å². The summed E-state index contributed by atoms with van der Waals surface area (Å²) in [6.45, 7) is 8.86. The van der Waals surface area contributed by atoms with Gasteiger partial charge in [-0.05, 0) is 68.2 Å². The number of benzene rings is 2. The van der Waals surface area contributed by atoms with Crippen LogP contribution in [0, 0.1) is 13.8 Å². The van der Waals surface area contributed by atoms with E-state index in [4.69, 9.17) is 35.4 Å². The highest BCUT2D eigenvalue weighted by Crippen LogP contribution is 2.28. The first-order valence-electron chi connectivity index (χ1n) is 9.95. The molecule has 0 saturated heterocycles. The van der Waals surface area contributed by atoms with Gasteiger partial charge in [-0.2, -0.15) is 5.10 Å². The van der Waals surface area contributed by atoms with E-state index in [2.05, 4.69) is 53.8 Å². The Hall–Kier alpha value is -2.08. The predicted molar refractivity (Wildman–Crippen MR) is 132 cm³/mol. The van der Waals surface area contributed by atoms with Gasteiger partial charge in [-0.25, -0.2) is 0 Å². The van der Waals surface area contributed by atoms with E-state index in [1.165, 1.54) is 5.56 Å². The molecule has 7 heteroatoms. The minimum Gasteiger partial charge on any atom is -0.332 e. The van der Waals surface area contributed by atoms with E-state index in [9.17, 15) is 0 Å². The summed E-state index contributed by atoms with van der Waals surface area (Å²) in [7, 11) is 0. The Morgan fingerprint density at radius 3 is 2.30 bits per heavy atom. The molecule has 0 spiro atoms. The van der Waals surface area contributed by atoms with Crippen molar-refractivity contribution in [3.63, 3.8) is 0 Å². The quantitative estimate of drug-likeness (QED) is 0.382. The van der Waals surface area contributed by atoms with Crippen LogP contribution in [0.3, 0.4) is 0 Å². The van der Waals surface area contributed by atoms with Crippen LogP contribution in [0.25, 0.3) is 0 Å². The van der Waals surface area contributed by atoms with Gasteiger partial charge >= 0.3 is 0 Å². The van der Waals surface area contributed by atoms with E-state index in [0.29, 0.717) is 27.6 Å². The Morgan fingerprint density at radius 2 is 1.70 bits per heavy atom. The summed E-state index contributed by atoms with van der Waals surface area (Å²) in [6, 6.07) is 13.9. The van der Waals surface area contributed by atoms with Crippen LogP contribution in [0.15, 0.2) is 42.5 Å². The van der Waals surface area contributed by atoms with Crippen molar-refractivity contribution in [3.8, 4) is 0 Å². The number of rotatable bonds is 6. The second kappa shape index (κ2) is 9.82. The molecule has 1 aromatic heterocycles. The van der Waals surface area contributed by atoms with Crippen molar-refractivity contribution in [2.45, 2.75) is 46.6 Å². The topological polar surface area (TPSA) is 41.9 Å². The smallest absolute Gasteiger partial charge is 0.175 e. The van der Waals surface area contributed by atoms with E-state index in [1.807, 2.05) is 36.7 Å². The molecule has 0 bridgehead atoms. The number of anilines is 2. The number of halogens is 2. The number of nitrogens with zero attached hydrogens (tertiary/aromatic N) is 2. The maximum Gasteiger partial charge on any atom is 0.175 e. The first kappa shape index (κ1) is 22.6. The van der Waals surface area contributed by atoms with Gasteiger partial charge in [0.05, 0.1) is 23.6 Å². The summed E-state index contributed by atoms with van der Waals surface area (Å²) in [6.07, 6.45) is 1.12. The van der Waals surface area contributed by atoms with Crippen molar-refractivity contribution in [3.05, 3.63) is 75.0 Å². The van der Waals surface area contributed by atoms with Crippen LogP contribution >= 0.6 is 35.4 Å². The lowest BCUT2D eigenvalue weighted by molar-refractivity contribution is 0.659. The normalized spacial score (nSPS) is 11.9. The standard InChI is InChI=1S/C23H26Cl2N4S/c1-5-14(2)17-9-11-18(12-10-17)26-23(30)27-22-15(3)28-29(16(22)4)13-19-20(24)7-6-8-21(19)25/h6-12,14H,5,13H2,1-4H3,(H2,26,27,30). The van der Waals surface area contributed by atoms with Crippen LogP contribution in [-0.4, -0.2) is 14.9 Å². The van der Waals surface area contributed by atoms with Gasteiger partial charge in [0.15, 0.2) is 5.11 Å². The Kier molecular flexibility index (Phi) is 7.40. The van der Waals surface area contributed by atoms with Gasteiger partial charge in [-0.3, -0.25) is 4.68 Å². The van der Waals surface area contributed by atoms with Gasteiger partial charge in [0, 0.05) is 21.3 Å². The van der Waals surface area contributed by atoms with Crippen molar-refractivity contribution >= 4 is 51.9 Å². The fourth-order valence-corrected chi connectivity index (χ4v) is 4.01. The number of aromatic nitrogens is 2. The molecule has 4 nitrogen and oxygen atoms in total. The maximum atomic E-state index is 6.32. The van der Waals surface area contributed by atoms with E-state index in [1.54, 1.807) is 0 Å². The average Bonchev–Trinajstić information content (AvgIpc) is 2.98. The third kappa shape index (κ3) is 5.15. The molecule has 0 aliphatic heterocycles. The van der Waals surface area contributed by atoms with Gasteiger partial charge in [0.2, 0.25) is 0 Å². The van der Waals surface area contributed by atoms with Crippen molar-refractivity contribution in [2.24, 2.45) is 0 Å². The van der Waals surface area contributed by atoms with Gasteiger partial charge in [0.25, 0.3) is 0 Å². The Balaban J connectivity index is 1.72. The number of aryl methyl sites for hydroxylation is 1. The average molecular weight is 461 g/mol. The molecule has 0 radical (unpaired) electrons. The lowest BCUT2D eigenvalue weighted by atomic mass is 9.99. The zero-order valence-electron chi connectivity index (χ0n) is 17.6. The summed E-state index contributed by atoms with van der Waals surface area (Å²) >= 11 is 18.2. The molecule has 1 unspecified atom stereocenters. The Bertz CT molecular complexity index is 1020. The van der Waals surface area contributed by atoms with Crippen molar-refractivity contribution < 1.29 is 0 Å². The molecule has 0 fully saturated rings. The van der Waals surface area contributed by atoms with E-state index in [0.717, 1.165) is 34.7 Å². The largest absolute Gasteiger partial charge is 0.332 e. The zero-order valence-corrected chi connectivity index (χ0v) is 19.9. The molecule has 0 saturated carbocycles. The number of thiocarbonyl (C=S) groups is 1. The Morgan fingerprint density at radius 1 is 1.07 bits per heavy atom. The second-order valence-corrected chi connectivity index (χ2v) is 8.64. The number of hydrogen-bond donors (Lipinski definition) is 2. The fourth-order valence-electron chi connectivity index (χ4n) is 3.27. The molecule has 30 heavy (non-hydrogen) atoms. The molecule has 0 aliphatic carbocycles. The lowest BCUT2D eigenvalue weighted by Gasteiger charge is -2.13. The third-order valence-corrected chi connectivity index (χ3v) is 6.25. The fraction of sp³-hybridized carbons (Fsp3) is 0.304. The first-order valence-corrected chi connectivity index (χ1v) is 11.1. The zero-order chi connectivity index (χ0) is 21.8. The molecule has 1 atom stereocenters. The minimum atomic E-state index is 0.490. The molecule has 3 rings (SSSR count). The van der Waals surface area contributed by atoms with Gasteiger partial charge in [-0.15, -0.1) is 0 Å². The monoisotopic (exact) mass is 460 g/mol. The van der Waals surface area contributed by atoms with Crippen LogP contribution in [0.2, 0.25) is 10.0 Å². The molecule has 2 N–H and O–H groups in total. The van der Waals surface area contributed by atoms with Gasteiger partial charge in [0.1, 0.15) is 0 Å². The minimum absolute atomic E-state index is 0.490. The van der Waals surface area contributed by atoms with Crippen LogP contribution < -0.4 is 10.6 Å². The third-order valence-electron chi connectivity index (χ3n) is 5.34. The summed E-state index contributed by atoms with van der Waals surface area (Å²) in [4.78, 5) is 0. The molecule has 158 valence electrons. The molecular weight excluding hydrogens is 435 g/mol. The summed E-state index contributed by atoms with van der Waals surface area (Å²) in [5.74, 6) is 0.548.